The molecule has 0 N–H and O–H groups in total. The topological polar surface area (TPSA) is 29.5 Å². The minimum atomic E-state index is -0.337. The van der Waals surface area contributed by atoms with Crippen molar-refractivity contribution in [2.24, 2.45) is 0 Å². The smallest absolute Gasteiger partial charge is 0.414 e. The third kappa shape index (κ3) is 4.33. The molecule has 21 heavy (non-hydrogen) atoms. The second-order valence-corrected chi connectivity index (χ2v) is 5.90. The van der Waals surface area contributed by atoms with Crippen molar-refractivity contribution in [3.8, 4) is 0 Å². The fourth-order valence-corrected chi connectivity index (χ4v) is 2.27. The van der Waals surface area contributed by atoms with Gasteiger partial charge in [-0.25, -0.2) is 4.79 Å². The number of benzene rings is 2. The predicted octanol–water partition coefficient (Wildman–Crippen LogP) is 5.00. The first-order chi connectivity index (χ1) is 10.1. The van der Waals surface area contributed by atoms with Crippen molar-refractivity contribution in [3.05, 3.63) is 64.6 Å². The Labute approximate surface area is 133 Å². The standard InChI is InChI=1S/C17H18BrNO2/c1-13(2)19(16-10-8-15(18)9-11-16)17(20)21-12-14-6-4-3-5-7-14/h3-11,13H,12H2,1-2H3. The SMILES string of the molecule is CC(C)N(C(=O)OCc1ccccc1)c1ccc(Br)cc1. The van der Waals surface area contributed by atoms with Gasteiger partial charge in [-0.1, -0.05) is 46.3 Å². The zero-order chi connectivity index (χ0) is 15.2. The highest BCUT2D eigenvalue weighted by molar-refractivity contribution is 9.10. The maximum atomic E-state index is 12.3. The number of halogens is 1. The van der Waals surface area contributed by atoms with Gasteiger partial charge >= 0.3 is 6.09 Å². The van der Waals surface area contributed by atoms with Crippen LogP contribution in [-0.4, -0.2) is 12.1 Å². The van der Waals surface area contributed by atoms with Crippen LogP contribution in [0.3, 0.4) is 0 Å². The average molecular weight is 348 g/mol. The lowest BCUT2D eigenvalue weighted by Crippen LogP contribution is -2.37. The first kappa shape index (κ1) is 15.6. The van der Waals surface area contributed by atoms with E-state index in [4.69, 9.17) is 4.74 Å². The molecule has 0 heterocycles. The van der Waals surface area contributed by atoms with Crippen LogP contribution in [0.1, 0.15) is 19.4 Å². The van der Waals surface area contributed by atoms with Crippen LogP contribution in [0.5, 0.6) is 0 Å². The monoisotopic (exact) mass is 347 g/mol. The summed E-state index contributed by atoms with van der Waals surface area (Å²) in [5.41, 5.74) is 1.80. The van der Waals surface area contributed by atoms with Crippen LogP contribution in [0.2, 0.25) is 0 Å². The highest BCUT2D eigenvalue weighted by Crippen LogP contribution is 2.21. The van der Waals surface area contributed by atoms with Crippen molar-refractivity contribution in [3.63, 3.8) is 0 Å². The minimum Gasteiger partial charge on any atom is -0.444 e. The molecule has 2 rings (SSSR count). The summed E-state index contributed by atoms with van der Waals surface area (Å²) < 4.78 is 6.39. The molecule has 0 aliphatic rings. The minimum absolute atomic E-state index is 0.0226. The molecule has 0 bridgehead atoms. The second kappa shape index (κ2) is 7.27. The molecule has 3 nitrogen and oxygen atoms in total. The van der Waals surface area contributed by atoms with E-state index < -0.39 is 0 Å². The molecule has 0 aromatic heterocycles. The van der Waals surface area contributed by atoms with E-state index in [1.165, 1.54) is 0 Å². The lowest BCUT2D eigenvalue weighted by molar-refractivity contribution is 0.145. The quantitative estimate of drug-likeness (QED) is 0.778. The summed E-state index contributed by atoms with van der Waals surface area (Å²) in [6.45, 7) is 4.21. The summed E-state index contributed by atoms with van der Waals surface area (Å²) in [7, 11) is 0. The van der Waals surface area contributed by atoms with Crippen molar-refractivity contribution in [1.82, 2.24) is 0 Å². The van der Waals surface area contributed by atoms with Crippen molar-refractivity contribution >= 4 is 27.7 Å². The van der Waals surface area contributed by atoms with Crippen molar-refractivity contribution in [2.45, 2.75) is 26.5 Å². The van der Waals surface area contributed by atoms with Crippen molar-refractivity contribution < 1.29 is 9.53 Å². The number of hydrogen-bond acceptors (Lipinski definition) is 2. The summed E-state index contributed by atoms with van der Waals surface area (Å²) in [6, 6.07) is 17.3. The van der Waals surface area contributed by atoms with Gasteiger partial charge in [0.2, 0.25) is 0 Å². The van der Waals surface area contributed by atoms with E-state index in [2.05, 4.69) is 15.9 Å². The molecule has 0 fully saturated rings. The van der Waals surface area contributed by atoms with E-state index >= 15 is 0 Å². The Kier molecular flexibility index (Phi) is 5.39. The molecule has 0 aliphatic carbocycles. The zero-order valence-corrected chi connectivity index (χ0v) is 13.7. The highest BCUT2D eigenvalue weighted by atomic mass is 79.9. The number of carbonyl (C=O) groups excluding carboxylic acids is 1. The molecular weight excluding hydrogens is 330 g/mol. The molecule has 0 saturated carbocycles. The third-order valence-corrected chi connectivity index (χ3v) is 3.55. The van der Waals surface area contributed by atoms with Crippen LogP contribution in [0, 0.1) is 0 Å². The van der Waals surface area contributed by atoms with E-state index in [0.717, 1.165) is 15.7 Å². The van der Waals surface area contributed by atoms with Crippen LogP contribution < -0.4 is 4.90 Å². The summed E-state index contributed by atoms with van der Waals surface area (Å²) in [5.74, 6) is 0. The molecular formula is C17H18BrNO2. The fourth-order valence-electron chi connectivity index (χ4n) is 2.00. The number of carbonyl (C=O) groups is 1. The molecule has 2 aromatic carbocycles. The Hall–Kier alpha value is -1.81. The van der Waals surface area contributed by atoms with Gasteiger partial charge in [-0.05, 0) is 43.7 Å². The Balaban J connectivity index is 2.07. The molecule has 0 atom stereocenters. The Morgan fingerprint density at radius 1 is 1.10 bits per heavy atom. The van der Waals surface area contributed by atoms with Gasteiger partial charge in [0.1, 0.15) is 6.61 Å². The van der Waals surface area contributed by atoms with Gasteiger partial charge < -0.3 is 4.74 Å². The molecule has 0 spiro atoms. The van der Waals surface area contributed by atoms with E-state index in [0.29, 0.717) is 0 Å². The normalized spacial score (nSPS) is 10.5. The van der Waals surface area contributed by atoms with Crippen molar-refractivity contribution in [1.29, 1.82) is 0 Å². The van der Waals surface area contributed by atoms with Crippen LogP contribution in [0.4, 0.5) is 10.5 Å². The largest absolute Gasteiger partial charge is 0.444 e. The maximum absolute atomic E-state index is 12.3. The lowest BCUT2D eigenvalue weighted by atomic mass is 10.2. The van der Waals surface area contributed by atoms with Crippen LogP contribution in [-0.2, 0) is 11.3 Å². The number of rotatable bonds is 4. The fraction of sp³-hybridized carbons (Fsp3) is 0.235. The molecule has 0 unspecified atom stereocenters. The summed E-state index contributed by atoms with van der Waals surface area (Å²) in [4.78, 5) is 14.0. The molecule has 1 amide bonds. The molecule has 0 saturated heterocycles. The maximum Gasteiger partial charge on any atom is 0.414 e. The molecule has 0 aliphatic heterocycles. The number of hydrogen-bond donors (Lipinski definition) is 0. The zero-order valence-electron chi connectivity index (χ0n) is 12.1. The van der Waals surface area contributed by atoms with E-state index in [1.54, 1.807) is 4.90 Å². The molecule has 4 heteroatoms. The van der Waals surface area contributed by atoms with Gasteiger partial charge in [0.05, 0.1) is 0 Å². The average Bonchev–Trinajstić information content (AvgIpc) is 2.48. The number of ether oxygens (including phenoxy) is 1. The van der Waals surface area contributed by atoms with E-state index in [-0.39, 0.29) is 18.7 Å². The van der Waals surface area contributed by atoms with Crippen LogP contribution in [0.25, 0.3) is 0 Å². The second-order valence-electron chi connectivity index (χ2n) is 4.98. The highest BCUT2D eigenvalue weighted by Gasteiger charge is 2.20. The number of anilines is 1. The van der Waals surface area contributed by atoms with E-state index in [1.807, 2.05) is 68.4 Å². The number of amides is 1. The number of nitrogens with zero attached hydrogens (tertiary/aromatic N) is 1. The van der Waals surface area contributed by atoms with Crippen LogP contribution in [0.15, 0.2) is 59.1 Å². The summed E-state index contributed by atoms with van der Waals surface area (Å²) in [6.07, 6.45) is -0.337. The molecule has 0 radical (unpaired) electrons. The first-order valence-electron chi connectivity index (χ1n) is 6.83. The lowest BCUT2D eigenvalue weighted by Gasteiger charge is -2.26. The van der Waals surface area contributed by atoms with Gasteiger partial charge in [0.25, 0.3) is 0 Å². The predicted molar refractivity (Wildman–Crippen MR) is 88.4 cm³/mol. The van der Waals surface area contributed by atoms with Gasteiger partial charge in [-0.2, -0.15) is 0 Å². The van der Waals surface area contributed by atoms with Gasteiger partial charge in [-0.15, -0.1) is 0 Å². The van der Waals surface area contributed by atoms with Crippen LogP contribution >= 0.6 is 15.9 Å². The Morgan fingerprint density at radius 3 is 2.29 bits per heavy atom. The molecule has 2 aromatic rings. The molecule has 110 valence electrons. The van der Waals surface area contributed by atoms with Gasteiger partial charge in [-0.3, -0.25) is 4.90 Å². The summed E-state index contributed by atoms with van der Waals surface area (Å²) in [5, 5.41) is 0. The van der Waals surface area contributed by atoms with Gasteiger partial charge in [0, 0.05) is 16.2 Å². The van der Waals surface area contributed by atoms with Gasteiger partial charge in [0.15, 0.2) is 0 Å². The van der Waals surface area contributed by atoms with E-state index in [9.17, 15) is 4.79 Å². The Bertz CT molecular complexity index is 581. The third-order valence-electron chi connectivity index (χ3n) is 3.02. The first-order valence-corrected chi connectivity index (χ1v) is 7.62. The van der Waals surface area contributed by atoms with Crippen molar-refractivity contribution in [2.75, 3.05) is 4.90 Å². The Morgan fingerprint density at radius 2 is 1.71 bits per heavy atom. The summed E-state index contributed by atoms with van der Waals surface area (Å²) >= 11 is 3.40.